The summed E-state index contributed by atoms with van der Waals surface area (Å²) in [5, 5.41) is 11.3. The number of nitrogens with one attached hydrogen (secondary N) is 1. The van der Waals surface area contributed by atoms with Crippen molar-refractivity contribution < 1.29 is 9.90 Å². The SMILES string of the molecule is CCN(CCNCC(=O)O)C1CC1. The van der Waals surface area contributed by atoms with E-state index in [2.05, 4.69) is 17.1 Å². The van der Waals surface area contributed by atoms with Gasteiger partial charge in [0.15, 0.2) is 0 Å². The van der Waals surface area contributed by atoms with Gasteiger partial charge in [0.05, 0.1) is 6.54 Å². The number of likely N-dealkylation sites (N-methyl/N-ethyl adjacent to an activating group) is 1. The zero-order valence-electron chi connectivity index (χ0n) is 8.12. The summed E-state index contributed by atoms with van der Waals surface area (Å²) in [7, 11) is 0. The summed E-state index contributed by atoms with van der Waals surface area (Å²) in [6, 6.07) is 0.775. The van der Waals surface area contributed by atoms with Crippen LogP contribution in [0.15, 0.2) is 0 Å². The van der Waals surface area contributed by atoms with Crippen molar-refractivity contribution in [3.05, 3.63) is 0 Å². The van der Waals surface area contributed by atoms with Crippen molar-refractivity contribution in [1.29, 1.82) is 0 Å². The van der Waals surface area contributed by atoms with Gasteiger partial charge in [-0.25, -0.2) is 0 Å². The summed E-state index contributed by atoms with van der Waals surface area (Å²) in [5.41, 5.74) is 0. The van der Waals surface area contributed by atoms with E-state index in [1.54, 1.807) is 0 Å². The highest BCUT2D eigenvalue weighted by Crippen LogP contribution is 2.25. The zero-order valence-corrected chi connectivity index (χ0v) is 8.12. The van der Waals surface area contributed by atoms with Gasteiger partial charge in [-0.1, -0.05) is 6.92 Å². The maximum absolute atomic E-state index is 10.2. The van der Waals surface area contributed by atoms with E-state index < -0.39 is 5.97 Å². The van der Waals surface area contributed by atoms with E-state index in [0.29, 0.717) is 0 Å². The molecular weight excluding hydrogens is 168 g/mol. The van der Waals surface area contributed by atoms with E-state index in [1.165, 1.54) is 12.8 Å². The van der Waals surface area contributed by atoms with Crippen LogP contribution in [0.3, 0.4) is 0 Å². The summed E-state index contributed by atoms with van der Waals surface area (Å²) in [6.45, 7) is 5.03. The van der Waals surface area contributed by atoms with E-state index in [4.69, 9.17) is 5.11 Å². The molecule has 0 saturated heterocycles. The number of carbonyl (C=O) groups is 1. The van der Waals surface area contributed by atoms with Gasteiger partial charge < -0.3 is 10.4 Å². The zero-order chi connectivity index (χ0) is 9.68. The van der Waals surface area contributed by atoms with Gasteiger partial charge in [-0.2, -0.15) is 0 Å². The third-order valence-electron chi connectivity index (χ3n) is 2.32. The maximum atomic E-state index is 10.2. The summed E-state index contributed by atoms with van der Waals surface area (Å²) >= 11 is 0. The van der Waals surface area contributed by atoms with Crippen LogP contribution < -0.4 is 5.32 Å². The van der Waals surface area contributed by atoms with Crippen molar-refractivity contribution in [2.45, 2.75) is 25.8 Å². The predicted octanol–water partition coefficient (Wildman–Crippen LogP) is 0.145. The Balaban J connectivity index is 1.99. The minimum Gasteiger partial charge on any atom is -0.480 e. The number of hydrogen-bond acceptors (Lipinski definition) is 3. The minimum absolute atomic E-state index is 0.0716. The first kappa shape index (κ1) is 10.5. The first-order valence-electron chi connectivity index (χ1n) is 4.90. The largest absolute Gasteiger partial charge is 0.480 e. The Morgan fingerprint density at radius 2 is 2.31 bits per heavy atom. The summed E-state index contributed by atoms with van der Waals surface area (Å²) in [4.78, 5) is 12.6. The molecule has 0 amide bonds. The number of hydrogen-bond donors (Lipinski definition) is 2. The molecule has 4 nitrogen and oxygen atoms in total. The fraction of sp³-hybridized carbons (Fsp3) is 0.889. The molecule has 2 N–H and O–H groups in total. The van der Waals surface area contributed by atoms with Crippen molar-refractivity contribution in [2.75, 3.05) is 26.2 Å². The predicted molar refractivity (Wildman–Crippen MR) is 50.8 cm³/mol. The summed E-state index contributed by atoms with van der Waals surface area (Å²) in [6.07, 6.45) is 2.62. The Bertz CT molecular complexity index is 169. The second kappa shape index (κ2) is 5.19. The Kier molecular flexibility index (Phi) is 4.18. The summed E-state index contributed by atoms with van der Waals surface area (Å²) in [5.74, 6) is -0.783. The average molecular weight is 186 g/mol. The number of nitrogens with zero attached hydrogens (tertiary/aromatic N) is 1. The molecular formula is C9H18N2O2. The van der Waals surface area contributed by atoms with E-state index in [1.807, 2.05) is 0 Å². The molecule has 0 aromatic heterocycles. The van der Waals surface area contributed by atoms with Crippen molar-refractivity contribution in [3.63, 3.8) is 0 Å². The molecule has 0 aliphatic heterocycles. The van der Waals surface area contributed by atoms with Crippen LogP contribution >= 0.6 is 0 Å². The van der Waals surface area contributed by atoms with Crippen molar-refractivity contribution in [3.8, 4) is 0 Å². The van der Waals surface area contributed by atoms with Crippen LogP contribution in [-0.4, -0.2) is 48.2 Å². The van der Waals surface area contributed by atoms with Gasteiger partial charge in [0, 0.05) is 19.1 Å². The highest BCUT2D eigenvalue weighted by molar-refractivity contribution is 5.68. The fourth-order valence-electron chi connectivity index (χ4n) is 1.46. The minimum atomic E-state index is -0.783. The molecule has 0 bridgehead atoms. The Labute approximate surface area is 78.9 Å². The number of rotatable bonds is 7. The molecule has 0 aromatic carbocycles. The van der Waals surface area contributed by atoms with E-state index in [0.717, 1.165) is 25.7 Å². The number of carboxylic acid groups (broad SMARTS) is 1. The third kappa shape index (κ3) is 4.24. The van der Waals surface area contributed by atoms with Gasteiger partial charge in [-0.15, -0.1) is 0 Å². The van der Waals surface area contributed by atoms with Crippen molar-refractivity contribution in [1.82, 2.24) is 10.2 Å². The van der Waals surface area contributed by atoms with Crippen LogP contribution in [-0.2, 0) is 4.79 Å². The third-order valence-corrected chi connectivity index (χ3v) is 2.32. The second-order valence-electron chi connectivity index (χ2n) is 3.43. The van der Waals surface area contributed by atoms with Crippen molar-refractivity contribution >= 4 is 5.97 Å². The lowest BCUT2D eigenvalue weighted by Gasteiger charge is -2.19. The summed E-state index contributed by atoms with van der Waals surface area (Å²) < 4.78 is 0. The fourth-order valence-corrected chi connectivity index (χ4v) is 1.46. The average Bonchev–Trinajstić information content (AvgIpc) is 2.87. The number of carboxylic acids is 1. The molecule has 4 heteroatoms. The molecule has 13 heavy (non-hydrogen) atoms. The lowest BCUT2D eigenvalue weighted by atomic mass is 10.4. The highest BCUT2D eigenvalue weighted by Gasteiger charge is 2.26. The van der Waals surface area contributed by atoms with E-state index in [9.17, 15) is 4.79 Å². The molecule has 1 aliphatic carbocycles. The van der Waals surface area contributed by atoms with Crippen LogP contribution in [0.5, 0.6) is 0 Å². The Morgan fingerprint density at radius 3 is 2.77 bits per heavy atom. The molecule has 1 aliphatic rings. The van der Waals surface area contributed by atoms with Gasteiger partial charge in [0.25, 0.3) is 0 Å². The quantitative estimate of drug-likeness (QED) is 0.555. The van der Waals surface area contributed by atoms with E-state index in [-0.39, 0.29) is 6.54 Å². The first-order valence-corrected chi connectivity index (χ1v) is 4.90. The van der Waals surface area contributed by atoms with Crippen LogP contribution in [0, 0.1) is 0 Å². The van der Waals surface area contributed by atoms with Gasteiger partial charge in [0.1, 0.15) is 0 Å². The molecule has 0 unspecified atom stereocenters. The van der Waals surface area contributed by atoms with Gasteiger partial charge in [-0.05, 0) is 19.4 Å². The van der Waals surface area contributed by atoms with Crippen LogP contribution in [0.25, 0.3) is 0 Å². The first-order chi connectivity index (χ1) is 6.24. The lowest BCUT2D eigenvalue weighted by molar-refractivity contribution is -0.135. The van der Waals surface area contributed by atoms with Gasteiger partial charge in [-0.3, -0.25) is 9.69 Å². The van der Waals surface area contributed by atoms with E-state index >= 15 is 0 Å². The normalized spacial score (nSPS) is 16.5. The van der Waals surface area contributed by atoms with Crippen molar-refractivity contribution in [2.24, 2.45) is 0 Å². The Morgan fingerprint density at radius 1 is 1.62 bits per heavy atom. The monoisotopic (exact) mass is 186 g/mol. The van der Waals surface area contributed by atoms with Crippen LogP contribution in [0.2, 0.25) is 0 Å². The Hall–Kier alpha value is -0.610. The molecule has 0 radical (unpaired) electrons. The topological polar surface area (TPSA) is 52.6 Å². The highest BCUT2D eigenvalue weighted by atomic mass is 16.4. The van der Waals surface area contributed by atoms with Gasteiger partial charge >= 0.3 is 5.97 Å². The molecule has 1 saturated carbocycles. The standard InChI is InChI=1S/C9H18N2O2/c1-2-11(8-3-4-8)6-5-10-7-9(12)13/h8,10H,2-7H2,1H3,(H,12,13). The van der Waals surface area contributed by atoms with Gasteiger partial charge in [0.2, 0.25) is 0 Å². The maximum Gasteiger partial charge on any atom is 0.317 e. The van der Waals surface area contributed by atoms with Crippen LogP contribution in [0.1, 0.15) is 19.8 Å². The smallest absolute Gasteiger partial charge is 0.317 e. The molecule has 0 aromatic rings. The molecule has 0 atom stereocenters. The molecule has 0 spiro atoms. The molecule has 76 valence electrons. The molecule has 0 heterocycles. The molecule has 1 fully saturated rings. The number of aliphatic carboxylic acids is 1. The lowest BCUT2D eigenvalue weighted by Crippen LogP contribution is -2.35. The van der Waals surface area contributed by atoms with Crippen LogP contribution in [0.4, 0.5) is 0 Å². The second-order valence-corrected chi connectivity index (χ2v) is 3.43. The molecule has 1 rings (SSSR count).